The fourth-order valence-electron chi connectivity index (χ4n) is 3.90. The number of ether oxygens (including phenoxy) is 1. The van der Waals surface area contributed by atoms with E-state index in [4.69, 9.17) is 4.74 Å². The van der Waals surface area contributed by atoms with Crippen LogP contribution in [0.4, 0.5) is 0 Å². The number of carbonyl (C=O) groups excluding carboxylic acids is 2. The van der Waals surface area contributed by atoms with Crippen molar-refractivity contribution < 1.29 is 22.7 Å². The molecule has 1 saturated heterocycles. The normalized spacial score (nSPS) is 17.7. The van der Waals surface area contributed by atoms with E-state index in [0.717, 1.165) is 37.7 Å². The first kappa shape index (κ1) is 21.8. The molecule has 0 aromatic heterocycles. The van der Waals surface area contributed by atoms with Gasteiger partial charge in [0.1, 0.15) is 0 Å². The molecule has 0 atom stereocenters. The summed E-state index contributed by atoms with van der Waals surface area (Å²) in [7, 11) is -3.55. The molecule has 0 unspecified atom stereocenters. The number of nitrogens with zero attached hydrogens (tertiary/aromatic N) is 1. The van der Waals surface area contributed by atoms with Crippen molar-refractivity contribution in [3.63, 3.8) is 0 Å². The van der Waals surface area contributed by atoms with Crippen molar-refractivity contribution in [1.29, 1.82) is 0 Å². The van der Waals surface area contributed by atoms with E-state index in [-0.39, 0.29) is 31.5 Å². The first-order valence-electron chi connectivity index (χ1n) is 10.5. The second-order valence-electron chi connectivity index (χ2n) is 7.77. The zero-order valence-electron chi connectivity index (χ0n) is 17.0. The highest BCUT2D eigenvalue weighted by molar-refractivity contribution is 7.89. The molecule has 0 saturated carbocycles. The van der Waals surface area contributed by atoms with E-state index in [0.29, 0.717) is 24.3 Å². The topological polar surface area (TPSA) is 92.8 Å². The Balaban J connectivity index is 1.49. The fraction of sp³-hybridized carbons (Fsp3) is 0.619. The predicted octanol–water partition coefficient (Wildman–Crippen LogP) is 2.04. The minimum atomic E-state index is -3.55. The van der Waals surface area contributed by atoms with Crippen LogP contribution in [0.5, 0.6) is 0 Å². The van der Waals surface area contributed by atoms with Crippen molar-refractivity contribution >= 4 is 21.9 Å². The summed E-state index contributed by atoms with van der Waals surface area (Å²) in [5.41, 5.74) is 2.37. The van der Waals surface area contributed by atoms with Crippen LogP contribution in [-0.4, -0.2) is 50.8 Å². The molecule has 7 nitrogen and oxygen atoms in total. The summed E-state index contributed by atoms with van der Waals surface area (Å²) in [5, 5.41) is 2.70. The first-order chi connectivity index (χ1) is 13.9. The van der Waals surface area contributed by atoms with Crippen molar-refractivity contribution in [1.82, 2.24) is 9.62 Å². The van der Waals surface area contributed by atoms with Gasteiger partial charge in [-0.1, -0.05) is 19.4 Å². The van der Waals surface area contributed by atoms with Crippen LogP contribution in [0.1, 0.15) is 50.2 Å². The summed E-state index contributed by atoms with van der Waals surface area (Å²) in [4.78, 5) is 24.2. The van der Waals surface area contributed by atoms with Crippen LogP contribution in [0.15, 0.2) is 23.1 Å². The van der Waals surface area contributed by atoms with Crippen LogP contribution < -0.4 is 5.32 Å². The van der Waals surface area contributed by atoms with E-state index >= 15 is 0 Å². The monoisotopic (exact) mass is 422 g/mol. The van der Waals surface area contributed by atoms with Gasteiger partial charge in [-0.3, -0.25) is 9.59 Å². The van der Waals surface area contributed by atoms with Gasteiger partial charge in [0.15, 0.2) is 6.61 Å². The van der Waals surface area contributed by atoms with Crippen LogP contribution >= 0.6 is 0 Å². The summed E-state index contributed by atoms with van der Waals surface area (Å²) < 4.78 is 32.5. The number of benzene rings is 1. The maximum Gasteiger partial charge on any atom is 0.309 e. The molecule has 1 heterocycles. The van der Waals surface area contributed by atoms with Crippen LogP contribution in [0, 0.1) is 5.92 Å². The lowest BCUT2D eigenvalue weighted by molar-refractivity contribution is -0.153. The van der Waals surface area contributed by atoms with Gasteiger partial charge in [-0.05, 0) is 61.8 Å². The molecule has 0 radical (unpaired) electrons. The van der Waals surface area contributed by atoms with Crippen LogP contribution in [0.3, 0.4) is 0 Å². The van der Waals surface area contributed by atoms with Gasteiger partial charge >= 0.3 is 5.97 Å². The van der Waals surface area contributed by atoms with Gasteiger partial charge in [0.05, 0.1) is 10.8 Å². The van der Waals surface area contributed by atoms with Gasteiger partial charge < -0.3 is 10.1 Å². The lowest BCUT2D eigenvalue weighted by Gasteiger charge is -2.30. The number of fused-ring (bicyclic) bond motifs is 1. The Labute approximate surface area is 172 Å². The zero-order chi connectivity index (χ0) is 20.9. The summed E-state index contributed by atoms with van der Waals surface area (Å²) >= 11 is 0. The number of hydrogen-bond acceptors (Lipinski definition) is 5. The Morgan fingerprint density at radius 3 is 2.62 bits per heavy atom. The molecule has 1 amide bonds. The SMILES string of the molecule is CCCCNC(=O)COC(=O)C1CCN(S(=O)(=O)c2ccc3c(c2)CCC3)CC1. The molecule has 29 heavy (non-hydrogen) atoms. The Kier molecular flexibility index (Phi) is 7.29. The third kappa shape index (κ3) is 5.36. The molecule has 1 fully saturated rings. The fourth-order valence-corrected chi connectivity index (χ4v) is 5.42. The van der Waals surface area contributed by atoms with Crippen molar-refractivity contribution in [3.8, 4) is 0 Å². The molecule has 2 aliphatic rings. The van der Waals surface area contributed by atoms with E-state index in [1.807, 2.05) is 13.0 Å². The largest absolute Gasteiger partial charge is 0.455 e. The maximum atomic E-state index is 13.0. The van der Waals surface area contributed by atoms with Crippen LogP contribution in [0.2, 0.25) is 0 Å². The minimum Gasteiger partial charge on any atom is -0.455 e. The number of unbranched alkanes of at least 4 members (excludes halogenated alkanes) is 1. The quantitative estimate of drug-likeness (QED) is 0.511. The lowest BCUT2D eigenvalue weighted by atomic mass is 9.98. The van der Waals surface area contributed by atoms with Crippen molar-refractivity contribution in [2.75, 3.05) is 26.2 Å². The highest BCUT2D eigenvalue weighted by Gasteiger charge is 2.33. The third-order valence-corrected chi connectivity index (χ3v) is 7.59. The van der Waals surface area contributed by atoms with E-state index in [1.54, 1.807) is 12.1 Å². The molecule has 1 aromatic carbocycles. The second kappa shape index (κ2) is 9.71. The number of rotatable bonds is 8. The molecular formula is C21H30N2O5S. The van der Waals surface area contributed by atoms with Crippen molar-refractivity contribution in [3.05, 3.63) is 29.3 Å². The van der Waals surface area contributed by atoms with E-state index < -0.39 is 16.0 Å². The second-order valence-corrected chi connectivity index (χ2v) is 9.71. The number of sulfonamides is 1. The third-order valence-electron chi connectivity index (χ3n) is 5.69. The van der Waals surface area contributed by atoms with Gasteiger partial charge in [-0.25, -0.2) is 8.42 Å². The number of piperidine rings is 1. The van der Waals surface area contributed by atoms with Crippen molar-refractivity contribution in [2.24, 2.45) is 5.92 Å². The average Bonchev–Trinajstić information content (AvgIpc) is 3.20. The number of carbonyl (C=O) groups is 2. The minimum absolute atomic E-state index is 0.280. The smallest absolute Gasteiger partial charge is 0.309 e. The van der Waals surface area contributed by atoms with Crippen LogP contribution in [-0.2, 0) is 37.2 Å². The molecular weight excluding hydrogens is 392 g/mol. The Bertz CT molecular complexity index is 845. The first-order valence-corrected chi connectivity index (χ1v) is 11.9. The average molecular weight is 423 g/mol. The Morgan fingerprint density at radius 2 is 1.90 bits per heavy atom. The van der Waals surface area contributed by atoms with E-state index in [1.165, 1.54) is 9.87 Å². The molecule has 3 rings (SSSR count). The number of esters is 1. The van der Waals surface area contributed by atoms with Gasteiger partial charge in [-0.15, -0.1) is 0 Å². The summed E-state index contributed by atoms with van der Waals surface area (Å²) in [6, 6.07) is 5.41. The zero-order valence-corrected chi connectivity index (χ0v) is 17.8. The van der Waals surface area contributed by atoms with Crippen LogP contribution in [0.25, 0.3) is 0 Å². The molecule has 1 N–H and O–H groups in total. The molecule has 0 spiro atoms. The summed E-state index contributed by atoms with van der Waals surface area (Å²) in [6.07, 6.45) is 5.69. The highest BCUT2D eigenvalue weighted by Crippen LogP contribution is 2.28. The number of amides is 1. The van der Waals surface area contributed by atoms with E-state index in [9.17, 15) is 18.0 Å². The van der Waals surface area contributed by atoms with Gasteiger partial charge in [-0.2, -0.15) is 4.31 Å². The maximum absolute atomic E-state index is 13.0. The lowest BCUT2D eigenvalue weighted by Crippen LogP contribution is -2.41. The molecule has 1 aliphatic carbocycles. The predicted molar refractivity (Wildman–Crippen MR) is 109 cm³/mol. The molecule has 1 aromatic rings. The Morgan fingerprint density at radius 1 is 1.17 bits per heavy atom. The standard InChI is InChI=1S/C21H30N2O5S/c1-2-3-11-22-20(24)15-28-21(25)17-9-12-23(13-10-17)29(26,27)19-8-7-16-5-4-6-18(16)14-19/h7-8,14,17H,2-6,9-13,15H2,1H3,(H,22,24). The summed E-state index contributed by atoms with van der Waals surface area (Å²) in [6.45, 7) is 2.88. The highest BCUT2D eigenvalue weighted by atomic mass is 32.2. The number of hydrogen-bond donors (Lipinski definition) is 1. The number of aryl methyl sites for hydroxylation is 2. The van der Waals surface area contributed by atoms with Gasteiger partial charge in [0, 0.05) is 19.6 Å². The molecule has 1 aliphatic heterocycles. The molecule has 160 valence electrons. The van der Waals surface area contributed by atoms with Gasteiger partial charge in [0.25, 0.3) is 5.91 Å². The molecule has 8 heteroatoms. The van der Waals surface area contributed by atoms with Gasteiger partial charge in [0.2, 0.25) is 10.0 Å². The summed E-state index contributed by atoms with van der Waals surface area (Å²) in [5.74, 6) is -1.10. The van der Waals surface area contributed by atoms with Crippen molar-refractivity contribution in [2.45, 2.75) is 56.8 Å². The number of nitrogens with one attached hydrogen (secondary N) is 1. The Hall–Kier alpha value is -1.93. The molecule has 0 bridgehead atoms. The van der Waals surface area contributed by atoms with E-state index in [2.05, 4.69) is 5.32 Å².